The SMILES string of the molecule is CC(C)C(NC(=O)OCc1ccccc1)C(=O)NC1CCOCCNC(=O)C1=O. The fourth-order valence-electron chi connectivity index (χ4n) is 2.74. The highest BCUT2D eigenvalue weighted by atomic mass is 16.5. The van der Waals surface area contributed by atoms with Crippen molar-refractivity contribution in [3.8, 4) is 0 Å². The van der Waals surface area contributed by atoms with Crippen molar-refractivity contribution in [1.82, 2.24) is 16.0 Å². The molecule has 0 aliphatic carbocycles. The largest absolute Gasteiger partial charge is 0.445 e. The normalized spacial score (nSPS) is 18.7. The second-order valence-corrected chi connectivity index (χ2v) is 7.01. The van der Waals surface area contributed by atoms with E-state index in [2.05, 4.69) is 16.0 Å². The summed E-state index contributed by atoms with van der Waals surface area (Å²) in [7, 11) is 0. The zero-order valence-corrected chi connectivity index (χ0v) is 16.6. The molecular formula is C20H27N3O6. The van der Waals surface area contributed by atoms with Crippen molar-refractivity contribution in [1.29, 1.82) is 0 Å². The Morgan fingerprint density at radius 1 is 1.21 bits per heavy atom. The summed E-state index contributed by atoms with van der Waals surface area (Å²) in [5.74, 6) is -2.34. The van der Waals surface area contributed by atoms with Crippen LogP contribution in [0.1, 0.15) is 25.8 Å². The molecule has 9 heteroatoms. The Kier molecular flexibility index (Phi) is 8.60. The summed E-state index contributed by atoms with van der Waals surface area (Å²) in [5, 5.41) is 7.52. The number of carbonyl (C=O) groups excluding carboxylic acids is 4. The highest BCUT2D eigenvalue weighted by Crippen LogP contribution is 2.07. The number of benzene rings is 1. The summed E-state index contributed by atoms with van der Waals surface area (Å²) < 4.78 is 10.5. The first-order chi connectivity index (χ1) is 13.9. The van der Waals surface area contributed by atoms with Crippen LogP contribution in [0.15, 0.2) is 30.3 Å². The van der Waals surface area contributed by atoms with Crippen LogP contribution in [-0.2, 0) is 30.5 Å². The Bertz CT molecular complexity index is 722. The molecule has 1 aromatic carbocycles. The van der Waals surface area contributed by atoms with E-state index in [9.17, 15) is 19.2 Å². The third-order valence-electron chi connectivity index (χ3n) is 4.37. The van der Waals surface area contributed by atoms with Gasteiger partial charge in [-0.2, -0.15) is 0 Å². The summed E-state index contributed by atoms with van der Waals surface area (Å²) in [4.78, 5) is 48.9. The van der Waals surface area contributed by atoms with Crippen molar-refractivity contribution in [2.45, 2.75) is 39.0 Å². The van der Waals surface area contributed by atoms with Crippen molar-refractivity contribution in [2.75, 3.05) is 19.8 Å². The lowest BCUT2D eigenvalue weighted by Gasteiger charge is -2.24. The zero-order chi connectivity index (χ0) is 21.2. The number of nitrogens with one attached hydrogen (secondary N) is 3. The van der Waals surface area contributed by atoms with Crippen molar-refractivity contribution < 1.29 is 28.7 Å². The van der Waals surface area contributed by atoms with Crippen LogP contribution in [0.4, 0.5) is 4.79 Å². The molecule has 1 aliphatic heterocycles. The Balaban J connectivity index is 1.95. The smallest absolute Gasteiger partial charge is 0.408 e. The van der Waals surface area contributed by atoms with Crippen LogP contribution in [0.25, 0.3) is 0 Å². The fraction of sp³-hybridized carbons (Fsp3) is 0.500. The topological polar surface area (TPSA) is 123 Å². The Hall–Kier alpha value is -2.94. The van der Waals surface area contributed by atoms with Gasteiger partial charge in [0.1, 0.15) is 12.6 Å². The second-order valence-electron chi connectivity index (χ2n) is 7.01. The van der Waals surface area contributed by atoms with Gasteiger partial charge in [0.25, 0.3) is 5.91 Å². The Morgan fingerprint density at radius 3 is 2.62 bits per heavy atom. The number of hydrogen-bond donors (Lipinski definition) is 3. The molecule has 158 valence electrons. The van der Waals surface area contributed by atoms with Crippen LogP contribution >= 0.6 is 0 Å². The first-order valence-corrected chi connectivity index (χ1v) is 9.56. The number of Topliss-reactive ketones (excluding diaryl/α,β-unsaturated/α-hetero) is 1. The van der Waals surface area contributed by atoms with Gasteiger partial charge in [-0.05, 0) is 17.9 Å². The number of amides is 3. The molecule has 1 aliphatic rings. The molecule has 0 saturated carbocycles. The lowest BCUT2D eigenvalue weighted by atomic mass is 10.0. The summed E-state index contributed by atoms with van der Waals surface area (Å²) in [6.45, 7) is 4.32. The van der Waals surface area contributed by atoms with Gasteiger partial charge < -0.3 is 25.4 Å². The van der Waals surface area contributed by atoms with E-state index < -0.39 is 35.8 Å². The highest BCUT2D eigenvalue weighted by molar-refractivity contribution is 6.38. The third-order valence-corrected chi connectivity index (χ3v) is 4.37. The molecule has 0 spiro atoms. The van der Waals surface area contributed by atoms with Gasteiger partial charge in [-0.1, -0.05) is 44.2 Å². The molecule has 0 radical (unpaired) electrons. The van der Waals surface area contributed by atoms with E-state index in [1.165, 1.54) is 0 Å². The van der Waals surface area contributed by atoms with Gasteiger partial charge in [0, 0.05) is 13.2 Å². The number of ether oxygens (including phenoxy) is 2. The van der Waals surface area contributed by atoms with Crippen molar-refractivity contribution in [3.05, 3.63) is 35.9 Å². The summed E-state index contributed by atoms with van der Waals surface area (Å²) >= 11 is 0. The Morgan fingerprint density at radius 2 is 1.93 bits per heavy atom. The van der Waals surface area contributed by atoms with Gasteiger partial charge in [0.05, 0.1) is 12.6 Å². The van der Waals surface area contributed by atoms with Gasteiger partial charge in [-0.3, -0.25) is 14.4 Å². The third kappa shape index (κ3) is 7.19. The number of carbonyl (C=O) groups is 4. The quantitative estimate of drug-likeness (QED) is 0.593. The minimum Gasteiger partial charge on any atom is -0.445 e. The van der Waals surface area contributed by atoms with Gasteiger partial charge in [-0.15, -0.1) is 0 Å². The van der Waals surface area contributed by atoms with E-state index in [4.69, 9.17) is 9.47 Å². The predicted molar refractivity (Wildman–Crippen MR) is 104 cm³/mol. The summed E-state index contributed by atoms with van der Waals surface area (Å²) in [6.07, 6.45) is -0.578. The first kappa shape index (κ1) is 22.4. The second kappa shape index (κ2) is 11.2. The number of ketones is 1. The van der Waals surface area contributed by atoms with E-state index >= 15 is 0 Å². The van der Waals surface area contributed by atoms with Crippen LogP contribution in [0.3, 0.4) is 0 Å². The van der Waals surface area contributed by atoms with Gasteiger partial charge in [0.2, 0.25) is 11.7 Å². The molecule has 1 fully saturated rings. The molecule has 2 rings (SSSR count). The highest BCUT2D eigenvalue weighted by Gasteiger charge is 2.32. The molecular weight excluding hydrogens is 378 g/mol. The molecule has 9 nitrogen and oxygen atoms in total. The predicted octanol–water partition coefficient (Wildman–Crippen LogP) is 0.528. The average Bonchev–Trinajstić information content (AvgIpc) is 2.78. The van der Waals surface area contributed by atoms with Crippen LogP contribution in [0, 0.1) is 5.92 Å². The van der Waals surface area contributed by atoms with E-state index in [0.717, 1.165) is 5.56 Å². The molecule has 3 N–H and O–H groups in total. The fourth-order valence-corrected chi connectivity index (χ4v) is 2.74. The molecule has 0 aromatic heterocycles. The maximum atomic E-state index is 12.7. The van der Waals surface area contributed by atoms with E-state index in [1.54, 1.807) is 13.8 Å². The van der Waals surface area contributed by atoms with Crippen molar-refractivity contribution >= 4 is 23.7 Å². The van der Waals surface area contributed by atoms with Gasteiger partial charge >= 0.3 is 6.09 Å². The van der Waals surface area contributed by atoms with Gasteiger partial charge in [-0.25, -0.2) is 4.79 Å². The number of rotatable bonds is 6. The number of hydrogen-bond acceptors (Lipinski definition) is 6. The molecule has 2 atom stereocenters. The average molecular weight is 405 g/mol. The first-order valence-electron chi connectivity index (χ1n) is 9.56. The number of alkyl carbamates (subject to hydrolysis) is 1. The van der Waals surface area contributed by atoms with Crippen LogP contribution in [-0.4, -0.2) is 55.5 Å². The molecule has 1 heterocycles. The Labute approximate surface area is 169 Å². The zero-order valence-electron chi connectivity index (χ0n) is 16.6. The lowest BCUT2D eigenvalue weighted by molar-refractivity contribution is -0.140. The minimum absolute atomic E-state index is 0.0672. The van der Waals surface area contributed by atoms with Gasteiger partial charge in [0.15, 0.2) is 0 Å². The van der Waals surface area contributed by atoms with E-state index in [1.807, 2.05) is 30.3 Å². The van der Waals surface area contributed by atoms with Crippen LogP contribution in [0.5, 0.6) is 0 Å². The lowest BCUT2D eigenvalue weighted by Crippen LogP contribution is -2.55. The molecule has 1 aromatic rings. The maximum absolute atomic E-state index is 12.7. The van der Waals surface area contributed by atoms with Crippen molar-refractivity contribution in [2.24, 2.45) is 5.92 Å². The molecule has 0 bridgehead atoms. The van der Waals surface area contributed by atoms with Crippen LogP contribution in [0.2, 0.25) is 0 Å². The summed E-state index contributed by atoms with van der Waals surface area (Å²) in [6, 6.07) is 7.19. The molecule has 1 saturated heterocycles. The molecule has 29 heavy (non-hydrogen) atoms. The van der Waals surface area contributed by atoms with E-state index in [0.29, 0.717) is 6.61 Å². The minimum atomic E-state index is -1.02. The van der Waals surface area contributed by atoms with Crippen LogP contribution < -0.4 is 16.0 Å². The summed E-state index contributed by atoms with van der Waals surface area (Å²) in [5.41, 5.74) is 0.815. The van der Waals surface area contributed by atoms with Crippen molar-refractivity contribution in [3.63, 3.8) is 0 Å². The maximum Gasteiger partial charge on any atom is 0.408 e. The standard InChI is InChI=1S/C20H27N3O6/c1-13(2)16(23-20(27)29-12-14-6-4-3-5-7-14)18(25)22-15-8-10-28-11-9-21-19(26)17(15)24/h3-7,13,15-16H,8-12H2,1-2H3,(H,21,26)(H,22,25)(H,23,27). The molecule has 3 amide bonds. The van der Waals surface area contributed by atoms with E-state index in [-0.39, 0.29) is 32.1 Å². The molecule has 2 unspecified atom stereocenters. The monoisotopic (exact) mass is 405 g/mol.